The van der Waals surface area contributed by atoms with Gasteiger partial charge in [0, 0.05) is 5.88 Å². The van der Waals surface area contributed by atoms with Crippen molar-refractivity contribution in [3.8, 4) is 0 Å². The van der Waals surface area contributed by atoms with Crippen LogP contribution in [-0.2, 0) is 0 Å². The molecule has 0 saturated carbocycles. The summed E-state index contributed by atoms with van der Waals surface area (Å²) in [6, 6.07) is 0. The first-order chi connectivity index (χ1) is 6.27. The Hall–Kier alpha value is 0.290. The largest absolute Gasteiger partial charge is 0.127 e. The minimum Gasteiger partial charge on any atom is -0.127 e. The fraction of sp³-hybridized carbons (Fsp3) is 1.00. The molecule has 0 heterocycles. The van der Waals surface area contributed by atoms with Crippen molar-refractivity contribution in [3.63, 3.8) is 0 Å². The Balaban J connectivity index is 2.84. The maximum atomic E-state index is 5.60. The van der Waals surface area contributed by atoms with Crippen molar-refractivity contribution in [1.82, 2.24) is 0 Å². The highest BCUT2D eigenvalue weighted by Gasteiger charge is 1.94. The van der Waals surface area contributed by atoms with E-state index >= 15 is 0 Å². The molecule has 0 bridgehead atoms. The van der Waals surface area contributed by atoms with E-state index in [1.807, 2.05) is 0 Å². The summed E-state index contributed by atoms with van der Waals surface area (Å²) in [6.45, 7) is 4.61. The maximum absolute atomic E-state index is 5.60. The van der Waals surface area contributed by atoms with Gasteiger partial charge < -0.3 is 0 Å². The Morgan fingerprint density at radius 1 is 0.769 bits per heavy atom. The minimum absolute atomic E-state index is 0.841. The summed E-state index contributed by atoms with van der Waals surface area (Å²) < 4.78 is 0. The van der Waals surface area contributed by atoms with Crippen LogP contribution in [0.25, 0.3) is 0 Å². The molecule has 80 valence electrons. The van der Waals surface area contributed by atoms with Gasteiger partial charge in [-0.2, -0.15) is 0 Å². The number of hydrogen-bond acceptors (Lipinski definition) is 0. The Bertz CT molecular complexity index is 89.1. The molecule has 1 heteroatoms. The standard InChI is InChI=1S/C12H25Cl/c1-12(2)10-8-6-4-3-5-7-9-11-13/h12H,3-11H2,1-2H3. The molecule has 0 aliphatic heterocycles. The maximum Gasteiger partial charge on any atom is 0.0223 e. The number of alkyl halides is 1. The van der Waals surface area contributed by atoms with Gasteiger partial charge in [-0.3, -0.25) is 0 Å². The Morgan fingerprint density at radius 3 is 1.69 bits per heavy atom. The molecule has 0 rings (SSSR count). The van der Waals surface area contributed by atoms with Crippen molar-refractivity contribution >= 4 is 11.6 Å². The third-order valence-corrected chi connectivity index (χ3v) is 2.68. The fourth-order valence-electron chi connectivity index (χ4n) is 1.53. The van der Waals surface area contributed by atoms with Crippen molar-refractivity contribution in [3.05, 3.63) is 0 Å². The topological polar surface area (TPSA) is 0 Å². The monoisotopic (exact) mass is 204 g/mol. The lowest BCUT2D eigenvalue weighted by molar-refractivity contribution is 0.511. The van der Waals surface area contributed by atoms with E-state index < -0.39 is 0 Å². The first-order valence-electron chi connectivity index (χ1n) is 5.83. The molecule has 0 radical (unpaired) electrons. The Kier molecular flexibility index (Phi) is 10.6. The van der Waals surface area contributed by atoms with Gasteiger partial charge in [-0.1, -0.05) is 58.8 Å². The molecule has 0 aromatic heterocycles. The van der Waals surface area contributed by atoms with Crippen LogP contribution in [-0.4, -0.2) is 5.88 Å². The van der Waals surface area contributed by atoms with E-state index in [1.165, 1.54) is 51.4 Å². The summed E-state index contributed by atoms with van der Waals surface area (Å²) in [7, 11) is 0. The highest BCUT2D eigenvalue weighted by molar-refractivity contribution is 6.17. The second-order valence-corrected chi connectivity index (χ2v) is 4.72. The van der Waals surface area contributed by atoms with Crippen LogP contribution < -0.4 is 0 Å². The number of halogens is 1. The Labute approximate surface area is 89.1 Å². The van der Waals surface area contributed by atoms with Crippen LogP contribution in [0.2, 0.25) is 0 Å². The zero-order valence-corrected chi connectivity index (χ0v) is 10.1. The quantitative estimate of drug-likeness (QED) is 0.366. The summed E-state index contributed by atoms with van der Waals surface area (Å²) in [5.41, 5.74) is 0. The summed E-state index contributed by atoms with van der Waals surface area (Å²) in [5.74, 6) is 1.73. The van der Waals surface area contributed by atoms with Crippen molar-refractivity contribution < 1.29 is 0 Å². The van der Waals surface area contributed by atoms with E-state index in [-0.39, 0.29) is 0 Å². The highest BCUT2D eigenvalue weighted by atomic mass is 35.5. The molecule has 0 amide bonds. The average molecular weight is 205 g/mol. The van der Waals surface area contributed by atoms with Crippen molar-refractivity contribution in [2.24, 2.45) is 5.92 Å². The lowest BCUT2D eigenvalue weighted by Gasteiger charge is -2.03. The van der Waals surface area contributed by atoms with E-state index in [0.29, 0.717) is 0 Å². The van der Waals surface area contributed by atoms with E-state index in [2.05, 4.69) is 13.8 Å². The molecule has 0 unspecified atom stereocenters. The molecular weight excluding hydrogens is 180 g/mol. The highest BCUT2D eigenvalue weighted by Crippen LogP contribution is 2.11. The van der Waals surface area contributed by atoms with Crippen LogP contribution in [0.3, 0.4) is 0 Å². The molecular formula is C12H25Cl. The number of unbranched alkanes of at least 4 members (excludes halogenated alkanes) is 6. The third kappa shape index (κ3) is 12.3. The molecule has 0 atom stereocenters. The van der Waals surface area contributed by atoms with Gasteiger partial charge >= 0.3 is 0 Å². The smallest absolute Gasteiger partial charge is 0.0223 e. The lowest BCUT2D eigenvalue weighted by atomic mass is 10.0. The molecule has 0 aromatic rings. The molecule has 13 heavy (non-hydrogen) atoms. The summed E-state index contributed by atoms with van der Waals surface area (Å²) in [6.07, 6.45) is 11.0. The molecule has 0 aromatic carbocycles. The third-order valence-electron chi connectivity index (χ3n) is 2.42. The van der Waals surface area contributed by atoms with Gasteiger partial charge in [0.1, 0.15) is 0 Å². The Morgan fingerprint density at radius 2 is 1.23 bits per heavy atom. The van der Waals surface area contributed by atoms with Crippen LogP contribution >= 0.6 is 11.6 Å². The average Bonchev–Trinajstić information content (AvgIpc) is 2.09. The second-order valence-electron chi connectivity index (χ2n) is 4.35. The summed E-state index contributed by atoms with van der Waals surface area (Å²) >= 11 is 5.60. The second kappa shape index (κ2) is 10.4. The molecule has 0 saturated heterocycles. The van der Waals surface area contributed by atoms with Gasteiger partial charge in [-0.15, -0.1) is 11.6 Å². The molecule has 0 N–H and O–H groups in total. The number of hydrogen-bond donors (Lipinski definition) is 0. The lowest BCUT2D eigenvalue weighted by Crippen LogP contribution is -1.87. The summed E-state index contributed by atoms with van der Waals surface area (Å²) in [4.78, 5) is 0. The van der Waals surface area contributed by atoms with E-state index in [4.69, 9.17) is 11.6 Å². The minimum atomic E-state index is 0.841. The van der Waals surface area contributed by atoms with Crippen LogP contribution in [0.1, 0.15) is 65.2 Å². The predicted octanol–water partition coefficient (Wildman–Crippen LogP) is 5.00. The van der Waals surface area contributed by atoms with Gasteiger partial charge in [-0.25, -0.2) is 0 Å². The molecule has 0 spiro atoms. The van der Waals surface area contributed by atoms with Gasteiger partial charge in [0.05, 0.1) is 0 Å². The molecule has 0 aliphatic carbocycles. The summed E-state index contributed by atoms with van der Waals surface area (Å²) in [5, 5.41) is 0. The normalized spacial score (nSPS) is 11.1. The number of rotatable bonds is 9. The van der Waals surface area contributed by atoms with E-state index in [9.17, 15) is 0 Å². The van der Waals surface area contributed by atoms with E-state index in [1.54, 1.807) is 0 Å². The van der Waals surface area contributed by atoms with Gasteiger partial charge in [0.25, 0.3) is 0 Å². The van der Waals surface area contributed by atoms with Gasteiger partial charge in [0.2, 0.25) is 0 Å². The van der Waals surface area contributed by atoms with Crippen LogP contribution in [0, 0.1) is 5.92 Å². The zero-order valence-electron chi connectivity index (χ0n) is 9.32. The van der Waals surface area contributed by atoms with Crippen LogP contribution in [0.4, 0.5) is 0 Å². The fourth-order valence-corrected chi connectivity index (χ4v) is 1.72. The van der Waals surface area contributed by atoms with Crippen molar-refractivity contribution in [2.45, 2.75) is 65.2 Å². The van der Waals surface area contributed by atoms with Gasteiger partial charge in [0.15, 0.2) is 0 Å². The van der Waals surface area contributed by atoms with Gasteiger partial charge in [-0.05, 0) is 12.3 Å². The predicted molar refractivity (Wildman–Crippen MR) is 62.5 cm³/mol. The van der Waals surface area contributed by atoms with Crippen LogP contribution in [0.15, 0.2) is 0 Å². The SMILES string of the molecule is CC(C)CCCCCCCCCCl. The van der Waals surface area contributed by atoms with Crippen molar-refractivity contribution in [2.75, 3.05) is 5.88 Å². The molecule has 0 nitrogen and oxygen atoms in total. The molecule has 0 aliphatic rings. The first-order valence-corrected chi connectivity index (χ1v) is 6.36. The van der Waals surface area contributed by atoms with Crippen molar-refractivity contribution in [1.29, 1.82) is 0 Å². The first kappa shape index (κ1) is 13.3. The van der Waals surface area contributed by atoms with E-state index in [0.717, 1.165) is 11.8 Å². The zero-order chi connectivity index (χ0) is 9.94. The van der Waals surface area contributed by atoms with Crippen LogP contribution in [0.5, 0.6) is 0 Å². The molecule has 0 fully saturated rings.